The number of hydrogen-bond donors (Lipinski definition) is 1. The summed E-state index contributed by atoms with van der Waals surface area (Å²) < 4.78 is 10.8. The third kappa shape index (κ3) is 8.61. The SMILES string of the molecule is CC.CC(C)c1csc(C(=O)N2CCN3CCOCC3C2)c1.CCc1csc(C(=O)NC2CCOCC2)c1. The van der Waals surface area contributed by atoms with Gasteiger partial charge in [0.2, 0.25) is 0 Å². The highest BCUT2D eigenvalue weighted by molar-refractivity contribution is 7.12. The highest BCUT2D eigenvalue weighted by Gasteiger charge is 2.32. The topological polar surface area (TPSA) is 71.1 Å². The summed E-state index contributed by atoms with van der Waals surface area (Å²) >= 11 is 3.10. The first-order valence-corrected chi connectivity index (χ1v) is 15.9. The van der Waals surface area contributed by atoms with Gasteiger partial charge in [-0.15, -0.1) is 22.7 Å². The van der Waals surface area contributed by atoms with Crippen molar-refractivity contribution in [2.45, 2.75) is 71.9 Å². The van der Waals surface area contributed by atoms with Crippen LogP contribution in [0.4, 0.5) is 0 Å². The van der Waals surface area contributed by atoms with E-state index in [-0.39, 0.29) is 17.9 Å². The highest BCUT2D eigenvalue weighted by Crippen LogP contribution is 2.24. The lowest BCUT2D eigenvalue weighted by Gasteiger charge is -2.43. The molecule has 212 valence electrons. The van der Waals surface area contributed by atoms with E-state index in [2.05, 4.69) is 47.8 Å². The molecule has 1 N–H and O–H groups in total. The molecule has 5 rings (SSSR count). The number of ether oxygens (including phenoxy) is 2. The van der Waals surface area contributed by atoms with Crippen LogP contribution in [0.2, 0.25) is 0 Å². The molecule has 1 unspecified atom stereocenters. The Morgan fingerprint density at radius 2 is 1.74 bits per heavy atom. The fraction of sp³-hybridized carbons (Fsp3) is 0.655. The van der Waals surface area contributed by atoms with E-state index in [0.717, 1.165) is 81.6 Å². The number of aryl methyl sites for hydroxylation is 1. The second-order valence-corrected chi connectivity index (χ2v) is 11.8. The Hall–Kier alpha value is -1.78. The van der Waals surface area contributed by atoms with Gasteiger partial charge in [0, 0.05) is 45.4 Å². The maximum absolute atomic E-state index is 12.6. The number of rotatable bonds is 5. The second kappa shape index (κ2) is 15.7. The summed E-state index contributed by atoms with van der Waals surface area (Å²) in [5, 5.41) is 7.23. The zero-order valence-corrected chi connectivity index (χ0v) is 25.3. The Kier molecular flexibility index (Phi) is 12.7. The zero-order valence-electron chi connectivity index (χ0n) is 23.7. The van der Waals surface area contributed by atoms with Crippen molar-refractivity contribution in [2.75, 3.05) is 52.6 Å². The van der Waals surface area contributed by atoms with Crippen molar-refractivity contribution in [3.8, 4) is 0 Å². The number of hydrogen-bond acceptors (Lipinski definition) is 7. The molecule has 0 saturated carbocycles. The Morgan fingerprint density at radius 3 is 2.39 bits per heavy atom. The molecule has 3 saturated heterocycles. The second-order valence-electron chi connectivity index (χ2n) is 9.95. The molecule has 0 spiro atoms. The van der Waals surface area contributed by atoms with Gasteiger partial charge in [-0.3, -0.25) is 14.5 Å². The number of nitrogens with zero attached hydrogens (tertiary/aromatic N) is 2. The first-order valence-electron chi connectivity index (χ1n) is 14.1. The van der Waals surface area contributed by atoms with Crippen molar-refractivity contribution in [2.24, 2.45) is 0 Å². The molecule has 3 aliphatic rings. The van der Waals surface area contributed by atoms with E-state index in [9.17, 15) is 9.59 Å². The van der Waals surface area contributed by atoms with E-state index in [1.807, 2.05) is 24.8 Å². The first-order chi connectivity index (χ1) is 18.4. The summed E-state index contributed by atoms with van der Waals surface area (Å²) in [7, 11) is 0. The summed E-state index contributed by atoms with van der Waals surface area (Å²) in [5.41, 5.74) is 2.50. The van der Waals surface area contributed by atoms with E-state index >= 15 is 0 Å². The number of carbonyl (C=O) groups is 2. The van der Waals surface area contributed by atoms with Crippen molar-refractivity contribution < 1.29 is 19.1 Å². The minimum atomic E-state index is 0.0663. The lowest BCUT2D eigenvalue weighted by atomic mass is 10.1. The molecule has 3 aliphatic heterocycles. The van der Waals surface area contributed by atoms with E-state index in [1.54, 1.807) is 11.3 Å². The van der Waals surface area contributed by atoms with Crippen LogP contribution in [-0.4, -0.2) is 86.3 Å². The van der Waals surface area contributed by atoms with E-state index in [0.29, 0.717) is 12.0 Å². The Labute approximate surface area is 236 Å². The van der Waals surface area contributed by atoms with Crippen molar-refractivity contribution in [1.82, 2.24) is 15.1 Å². The number of amides is 2. The smallest absolute Gasteiger partial charge is 0.264 e. The summed E-state index contributed by atoms with van der Waals surface area (Å²) in [6.45, 7) is 17.1. The molecule has 0 radical (unpaired) electrons. The number of fused-ring (bicyclic) bond motifs is 1. The Balaban J connectivity index is 0.000000202. The van der Waals surface area contributed by atoms with Crippen LogP contribution in [0.25, 0.3) is 0 Å². The van der Waals surface area contributed by atoms with Gasteiger partial charge < -0.3 is 19.7 Å². The van der Waals surface area contributed by atoms with Crippen LogP contribution >= 0.6 is 22.7 Å². The monoisotopic (exact) mass is 563 g/mol. The zero-order chi connectivity index (χ0) is 27.5. The van der Waals surface area contributed by atoms with Crippen LogP contribution in [0.1, 0.15) is 83.8 Å². The van der Waals surface area contributed by atoms with Gasteiger partial charge in [0.25, 0.3) is 11.8 Å². The molecule has 38 heavy (non-hydrogen) atoms. The lowest BCUT2D eigenvalue weighted by molar-refractivity contribution is -0.0394. The van der Waals surface area contributed by atoms with Gasteiger partial charge in [-0.25, -0.2) is 0 Å². The standard InChI is InChI=1S/C15H22N2O2S.C12H17NO2S.C2H6/c1-11(2)12-7-14(20-10-12)15(18)17-4-3-16-5-6-19-9-13(16)8-17;1-2-9-7-11(16-8-9)12(14)13-10-3-5-15-6-4-10;1-2/h7,10-11,13H,3-6,8-9H2,1-2H3;7-8,10H,2-6H2,1H3,(H,13,14);1-2H3. The number of morpholine rings is 1. The van der Waals surface area contributed by atoms with Gasteiger partial charge in [0.05, 0.1) is 29.0 Å². The van der Waals surface area contributed by atoms with E-state index in [4.69, 9.17) is 9.47 Å². The molecular weight excluding hydrogens is 518 g/mol. The minimum Gasteiger partial charge on any atom is -0.381 e. The maximum atomic E-state index is 12.6. The van der Waals surface area contributed by atoms with Gasteiger partial charge in [-0.1, -0.05) is 34.6 Å². The largest absolute Gasteiger partial charge is 0.381 e. The van der Waals surface area contributed by atoms with Gasteiger partial charge >= 0.3 is 0 Å². The molecule has 1 atom stereocenters. The van der Waals surface area contributed by atoms with E-state index < -0.39 is 0 Å². The van der Waals surface area contributed by atoms with Crippen molar-refractivity contribution >= 4 is 34.5 Å². The van der Waals surface area contributed by atoms with E-state index in [1.165, 1.54) is 22.5 Å². The molecule has 3 fully saturated rings. The van der Waals surface area contributed by atoms with Crippen molar-refractivity contribution in [1.29, 1.82) is 0 Å². The predicted octanol–water partition coefficient (Wildman–Crippen LogP) is 5.27. The Bertz CT molecular complexity index is 1000. The fourth-order valence-electron chi connectivity index (χ4n) is 4.63. The molecule has 0 aliphatic carbocycles. The quantitative estimate of drug-likeness (QED) is 0.537. The van der Waals surface area contributed by atoms with Crippen LogP contribution in [0.5, 0.6) is 0 Å². The van der Waals surface area contributed by atoms with Gasteiger partial charge in [-0.05, 0) is 59.2 Å². The van der Waals surface area contributed by atoms with Crippen LogP contribution in [0, 0.1) is 0 Å². The van der Waals surface area contributed by atoms with Crippen LogP contribution in [0.3, 0.4) is 0 Å². The molecule has 2 aromatic heterocycles. The fourth-order valence-corrected chi connectivity index (χ4v) is 6.57. The molecule has 0 aromatic carbocycles. The average molecular weight is 564 g/mol. The lowest BCUT2D eigenvalue weighted by Crippen LogP contribution is -2.59. The maximum Gasteiger partial charge on any atom is 0.264 e. The molecule has 2 amide bonds. The number of carbonyl (C=O) groups excluding carboxylic acids is 2. The summed E-state index contributed by atoms with van der Waals surface area (Å²) in [5.74, 6) is 0.736. The normalized spacial score (nSPS) is 20.1. The number of thiophene rings is 2. The number of nitrogens with one attached hydrogen (secondary N) is 1. The van der Waals surface area contributed by atoms with Gasteiger partial charge in [0.1, 0.15) is 0 Å². The molecule has 5 heterocycles. The predicted molar refractivity (Wildman–Crippen MR) is 157 cm³/mol. The molecule has 7 nitrogen and oxygen atoms in total. The summed E-state index contributed by atoms with van der Waals surface area (Å²) in [6, 6.07) is 4.71. The highest BCUT2D eigenvalue weighted by atomic mass is 32.1. The average Bonchev–Trinajstić information content (AvgIpc) is 3.65. The molecular formula is C29H45N3O4S2. The first kappa shape index (κ1) is 30.8. The van der Waals surface area contributed by atoms with Crippen LogP contribution in [0.15, 0.2) is 22.9 Å². The van der Waals surface area contributed by atoms with Gasteiger partial charge in [0.15, 0.2) is 0 Å². The summed E-state index contributed by atoms with van der Waals surface area (Å²) in [6.07, 6.45) is 2.84. The Morgan fingerprint density at radius 1 is 1.00 bits per heavy atom. The minimum absolute atomic E-state index is 0.0663. The van der Waals surface area contributed by atoms with Gasteiger partial charge in [-0.2, -0.15) is 0 Å². The van der Waals surface area contributed by atoms with Crippen LogP contribution in [-0.2, 0) is 15.9 Å². The van der Waals surface area contributed by atoms with Crippen molar-refractivity contribution in [3.63, 3.8) is 0 Å². The van der Waals surface area contributed by atoms with Crippen LogP contribution < -0.4 is 5.32 Å². The number of piperazine rings is 1. The molecule has 0 bridgehead atoms. The van der Waals surface area contributed by atoms with Crippen molar-refractivity contribution in [3.05, 3.63) is 43.8 Å². The molecule has 2 aromatic rings. The molecule has 9 heteroatoms. The summed E-state index contributed by atoms with van der Waals surface area (Å²) in [4.78, 5) is 30.6. The third-order valence-electron chi connectivity index (χ3n) is 7.06. The third-order valence-corrected chi connectivity index (χ3v) is 8.98.